The number of nitrogens with zero attached hydrogens (tertiary/aromatic N) is 2. The first-order chi connectivity index (χ1) is 10.0. The predicted molar refractivity (Wildman–Crippen MR) is 81.9 cm³/mol. The first kappa shape index (κ1) is 15.0. The van der Waals surface area contributed by atoms with Gasteiger partial charge in [0, 0.05) is 23.9 Å². The average Bonchev–Trinajstić information content (AvgIpc) is 2.45. The molecule has 3 fully saturated rings. The lowest BCUT2D eigenvalue weighted by atomic mass is 9.66. The normalized spacial score (nSPS) is 30.2. The largest absolute Gasteiger partial charge is 0.337 e. The van der Waals surface area contributed by atoms with Crippen LogP contribution in [0.15, 0.2) is 0 Å². The number of hydrogen-bond donors (Lipinski definition) is 0. The maximum absolute atomic E-state index is 13.0. The Bertz CT molecular complexity index is 423. The molecular weight excluding hydrogens is 264 g/mol. The van der Waals surface area contributed by atoms with Gasteiger partial charge in [0.25, 0.3) is 0 Å². The molecule has 4 heteroatoms. The molecule has 21 heavy (non-hydrogen) atoms. The third-order valence-corrected chi connectivity index (χ3v) is 6.09. The molecule has 1 spiro atoms. The summed E-state index contributed by atoms with van der Waals surface area (Å²) in [7, 11) is 2.13. The van der Waals surface area contributed by atoms with Gasteiger partial charge in [0.15, 0.2) is 0 Å². The highest BCUT2D eigenvalue weighted by atomic mass is 16.2. The van der Waals surface area contributed by atoms with Crippen molar-refractivity contribution < 1.29 is 9.59 Å². The molecule has 1 unspecified atom stereocenters. The SMILES string of the molecule is CC(=O)C1CCN(C(=O)C2CCN(C)CC2)C2(CCC2)C1. The topological polar surface area (TPSA) is 40.6 Å². The Labute approximate surface area is 127 Å². The highest BCUT2D eigenvalue weighted by Gasteiger charge is 2.50. The van der Waals surface area contributed by atoms with E-state index in [9.17, 15) is 9.59 Å². The highest BCUT2D eigenvalue weighted by molar-refractivity contribution is 5.82. The summed E-state index contributed by atoms with van der Waals surface area (Å²) in [5.74, 6) is 1.09. The third-order valence-electron chi connectivity index (χ3n) is 6.09. The molecular formula is C17H28N2O2. The Balaban J connectivity index is 1.69. The van der Waals surface area contributed by atoms with E-state index in [4.69, 9.17) is 0 Å². The summed E-state index contributed by atoms with van der Waals surface area (Å²) in [5.41, 5.74) is 0.0367. The number of piperidine rings is 2. The minimum atomic E-state index is 0.0367. The van der Waals surface area contributed by atoms with E-state index in [2.05, 4.69) is 16.8 Å². The van der Waals surface area contributed by atoms with Gasteiger partial charge >= 0.3 is 0 Å². The van der Waals surface area contributed by atoms with Crippen LogP contribution in [0.1, 0.15) is 51.9 Å². The van der Waals surface area contributed by atoms with Crippen molar-refractivity contribution in [1.29, 1.82) is 0 Å². The van der Waals surface area contributed by atoms with Crippen molar-refractivity contribution in [3.05, 3.63) is 0 Å². The van der Waals surface area contributed by atoms with E-state index in [-0.39, 0.29) is 17.4 Å². The zero-order valence-corrected chi connectivity index (χ0v) is 13.4. The Hall–Kier alpha value is -0.900. The van der Waals surface area contributed by atoms with Crippen molar-refractivity contribution in [1.82, 2.24) is 9.80 Å². The molecule has 1 atom stereocenters. The van der Waals surface area contributed by atoms with Crippen LogP contribution in [0.2, 0.25) is 0 Å². The van der Waals surface area contributed by atoms with Crippen LogP contribution in [0.3, 0.4) is 0 Å². The zero-order valence-electron chi connectivity index (χ0n) is 13.4. The molecule has 0 aromatic carbocycles. The molecule has 1 aliphatic carbocycles. The monoisotopic (exact) mass is 292 g/mol. The number of amides is 1. The van der Waals surface area contributed by atoms with Gasteiger partial charge in [-0.3, -0.25) is 9.59 Å². The van der Waals surface area contributed by atoms with Gasteiger partial charge in [-0.2, -0.15) is 0 Å². The van der Waals surface area contributed by atoms with Gasteiger partial charge in [-0.15, -0.1) is 0 Å². The Morgan fingerprint density at radius 3 is 2.14 bits per heavy atom. The van der Waals surface area contributed by atoms with Gasteiger partial charge in [-0.25, -0.2) is 0 Å². The van der Waals surface area contributed by atoms with Gasteiger partial charge < -0.3 is 9.80 Å². The van der Waals surface area contributed by atoms with Crippen molar-refractivity contribution in [3.8, 4) is 0 Å². The van der Waals surface area contributed by atoms with Gasteiger partial charge in [-0.05, 0) is 72.0 Å². The fourth-order valence-electron chi connectivity index (χ4n) is 4.42. The van der Waals surface area contributed by atoms with E-state index in [0.717, 1.165) is 58.2 Å². The Morgan fingerprint density at radius 1 is 1.00 bits per heavy atom. The predicted octanol–water partition coefficient (Wildman–Crippen LogP) is 2.08. The van der Waals surface area contributed by atoms with Crippen LogP contribution >= 0.6 is 0 Å². The molecule has 0 bridgehead atoms. The van der Waals surface area contributed by atoms with Crippen LogP contribution in [0, 0.1) is 11.8 Å². The van der Waals surface area contributed by atoms with E-state index in [1.54, 1.807) is 6.92 Å². The Morgan fingerprint density at radius 2 is 1.62 bits per heavy atom. The summed E-state index contributed by atoms with van der Waals surface area (Å²) in [6.45, 7) is 4.58. The number of rotatable bonds is 2. The quantitative estimate of drug-likeness (QED) is 0.782. The van der Waals surface area contributed by atoms with Crippen LogP contribution < -0.4 is 0 Å². The van der Waals surface area contributed by atoms with Gasteiger partial charge in [0.05, 0.1) is 0 Å². The van der Waals surface area contributed by atoms with Gasteiger partial charge in [0.1, 0.15) is 5.78 Å². The highest BCUT2D eigenvalue weighted by Crippen LogP contribution is 2.47. The van der Waals surface area contributed by atoms with Gasteiger partial charge in [-0.1, -0.05) is 0 Å². The lowest BCUT2D eigenvalue weighted by Crippen LogP contribution is -2.62. The fourth-order valence-corrected chi connectivity index (χ4v) is 4.42. The molecule has 2 aliphatic heterocycles. The molecule has 4 nitrogen and oxygen atoms in total. The van der Waals surface area contributed by atoms with Crippen LogP contribution in [0.4, 0.5) is 0 Å². The van der Waals surface area contributed by atoms with Gasteiger partial charge in [0.2, 0.25) is 5.91 Å². The summed E-state index contributed by atoms with van der Waals surface area (Å²) in [6.07, 6.45) is 7.21. The molecule has 3 rings (SSSR count). The summed E-state index contributed by atoms with van der Waals surface area (Å²) in [5, 5.41) is 0. The van der Waals surface area contributed by atoms with Crippen molar-refractivity contribution in [2.45, 2.75) is 57.4 Å². The van der Waals surface area contributed by atoms with Crippen LogP contribution in [-0.2, 0) is 9.59 Å². The smallest absolute Gasteiger partial charge is 0.226 e. The number of hydrogen-bond acceptors (Lipinski definition) is 3. The van der Waals surface area contributed by atoms with Crippen molar-refractivity contribution in [3.63, 3.8) is 0 Å². The summed E-state index contributed by atoms with van der Waals surface area (Å²) >= 11 is 0. The minimum Gasteiger partial charge on any atom is -0.337 e. The molecule has 0 N–H and O–H groups in total. The maximum atomic E-state index is 13.0. The van der Waals surface area contributed by atoms with E-state index >= 15 is 0 Å². The van der Waals surface area contributed by atoms with Crippen molar-refractivity contribution in [2.75, 3.05) is 26.7 Å². The van der Waals surface area contributed by atoms with E-state index in [1.807, 2.05) is 0 Å². The average molecular weight is 292 g/mol. The zero-order chi connectivity index (χ0) is 15.0. The summed E-state index contributed by atoms with van der Waals surface area (Å²) < 4.78 is 0. The molecule has 1 amide bonds. The van der Waals surface area contributed by atoms with Crippen molar-refractivity contribution in [2.24, 2.45) is 11.8 Å². The first-order valence-corrected chi connectivity index (χ1v) is 8.52. The molecule has 118 valence electrons. The second kappa shape index (κ2) is 5.71. The number of Topliss-reactive ketones (excluding diaryl/α,β-unsaturated/α-hetero) is 1. The minimum absolute atomic E-state index is 0.0367. The lowest BCUT2D eigenvalue weighted by molar-refractivity contribution is -0.155. The number of likely N-dealkylation sites (tertiary alicyclic amines) is 2. The molecule has 2 saturated heterocycles. The molecule has 3 aliphatic rings. The summed E-state index contributed by atoms with van der Waals surface area (Å²) in [6, 6.07) is 0. The first-order valence-electron chi connectivity index (χ1n) is 8.52. The van der Waals surface area contributed by atoms with E-state index in [1.165, 1.54) is 6.42 Å². The Kier molecular flexibility index (Phi) is 4.08. The molecule has 0 aromatic heterocycles. The number of carbonyl (C=O) groups excluding carboxylic acids is 2. The maximum Gasteiger partial charge on any atom is 0.226 e. The third kappa shape index (κ3) is 2.75. The second-order valence-electron chi connectivity index (χ2n) is 7.45. The van der Waals surface area contributed by atoms with E-state index in [0.29, 0.717) is 11.7 Å². The molecule has 0 aromatic rings. The van der Waals surface area contributed by atoms with Crippen LogP contribution in [-0.4, -0.2) is 53.7 Å². The van der Waals surface area contributed by atoms with Crippen molar-refractivity contribution >= 4 is 11.7 Å². The lowest BCUT2D eigenvalue weighted by Gasteiger charge is -2.56. The van der Waals surface area contributed by atoms with E-state index < -0.39 is 0 Å². The molecule has 1 saturated carbocycles. The number of ketones is 1. The van der Waals surface area contributed by atoms with Crippen LogP contribution in [0.25, 0.3) is 0 Å². The standard InChI is InChI=1S/C17H28N2O2/c1-13(20)15-6-11-19(17(12-15)7-3-8-17)16(21)14-4-9-18(2)10-5-14/h14-15H,3-12H2,1-2H3. The number of carbonyl (C=O) groups is 2. The molecule has 0 radical (unpaired) electrons. The molecule has 2 heterocycles. The summed E-state index contributed by atoms with van der Waals surface area (Å²) in [4.78, 5) is 29.2. The second-order valence-corrected chi connectivity index (χ2v) is 7.45. The fraction of sp³-hybridized carbons (Fsp3) is 0.882. The van der Waals surface area contributed by atoms with Crippen LogP contribution in [0.5, 0.6) is 0 Å².